The Balaban J connectivity index is 1.95. The Morgan fingerprint density at radius 2 is 1.48 bits per heavy atom. The minimum atomic E-state index is -0.362. The van der Waals surface area contributed by atoms with E-state index in [1.54, 1.807) is 31.4 Å². The summed E-state index contributed by atoms with van der Waals surface area (Å²) in [5.41, 5.74) is 2.24. The summed E-state index contributed by atoms with van der Waals surface area (Å²) in [5.74, 6) is 6.66. The van der Waals surface area contributed by atoms with Crippen molar-refractivity contribution in [2.45, 2.75) is 13.3 Å². The average Bonchev–Trinajstić information content (AvgIpc) is 2.66. The normalized spacial score (nSPS) is 9.84. The fourth-order valence-electron chi connectivity index (χ4n) is 1.99. The molecule has 0 aromatic heterocycles. The first-order valence-corrected chi connectivity index (χ1v) is 8.24. The molecule has 0 unspecified atom stereocenters. The lowest BCUT2D eigenvalue weighted by atomic mass is 10.1. The fraction of sp³-hybridized carbons (Fsp3) is 0.286. The van der Waals surface area contributed by atoms with E-state index < -0.39 is 0 Å². The second-order valence-corrected chi connectivity index (χ2v) is 5.33. The molecule has 0 fully saturated rings. The third kappa shape index (κ3) is 6.33. The van der Waals surface area contributed by atoms with Crippen LogP contribution < -0.4 is 4.74 Å². The number of carbonyl (C=O) groups excluding carboxylic acids is 1. The van der Waals surface area contributed by atoms with Crippen LogP contribution in [0.5, 0.6) is 5.75 Å². The minimum Gasteiger partial charge on any atom is -0.494 e. The van der Waals surface area contributed by atoms with Crippen LogP contribution in [0.25, 0.3) is 0 Å². The van der Waals surface area contributed by atoms with Gasteiger partial charge in [-0.25, -0.2) is 4.79 Å². The highest BCUT2D eigenvalue weighted by molar-refractivity contribution is 5.89. The number of ether oxygens (including phenoxy) is 3. The van der Waals surface area contributed by atoms with E-state index in [2.05, 4.69) is 18.8 Å². The Morgan fingerprint density at radius 1 is 0.880 bits per heavy atom. The molecule has 0 spiro atoms. The Kier molecular flexibility index (Phi) is 7.55. The fourth-order valence-corrected chi connectivity index (χ4v) is 1.99. The van der Waals surface area contributed by atoms with Crippen molar-refractivity contribution in [1.82, 2.24) is 0 Å². The molecule has 0 N–H and O–H groups in total. The first-order valence-electron chi connectivity index (χ1n) is 8.24. The van der Waals surface area contributed by atoms with E-state index in [0.717, 1.165) is 23.3 Å². The van der Waals surface area contributed by atoms with Crippen LogP contribution in [0.4, 0.5) is 0 Å². The summed E-state index contributed by atoms with van der Waals surface area (Å²) in [6.45, 7) is 3.42. The van der Waals surface area contributed by atoms with E-state index in [-0.39, 0.29) is 12.6 Å². The molecule has 2 rings (SSSR count). The second kappa shape index (κ2) is 10.2. The van der Waals surface area contributed by atoms with Crippen LogP contribution in [0.2, 0.25) is 0 Å². The average molecular weight is 338 g/mol. The third-order valence-electron chi connectivity index (χ3n) is 3.32. The molecule has 4 heteroatoms. The predicted octanol–water partition coefficient (Wildman–Crippen LogP) is 3.68. The number of methoxy groups -OCH3 is 1. The lowest BCUT2D eigenvalue weighted by molar-refractivity contribution is 0.0388. The predicted molar refractivity (Wildman–Crippen MR) is 96.8 cm³/mol. The molecule has 0 bridgehead atoms. The Labute approximate surface area is 148 Å². The van der Waals surface area contributed by atoms with E-state index in [4.69, 9.17) is 14.2 Å². The molecule has 0 heterocycles. The molecule has 4 nitrogen and oxygen atoms in total. The monoisotopic (exact) mass is 338 g/mol. The smallest absolute Gasteiger partial charge is 0.338 e. The van der Waals surface area contributed by atoms with Crippen LogP contribution >= 0.6 is 0 Å². The summed E-state index contributed by atoms with van der Waals surface area (Å²) in [7, 11) is 1.56. The molecule has 0 radical (unpaired) electrons. The van der Waals surface area contributed by atoms with Gasteiger partial charge in [-0.3, -0.25) is 0 Å². The summed E-state index contributed by atoms with van der Waals surface area (Å²) < 4.78 is 15.5. The first kappa shape index (κ1) is 18.6. The molecule has 0 amide bonds. The molecule has 2 aromatic rings. The van der Waals surface area contributed by atoms with Crippen molar-refractivity contribution in [3.63, 3.8) is 0 Å². The molecule has 0 saturated carbocycles. The van der Waals surface area contributed by atoms with E-state index in [1.165, 1.54) is 0 Å². The zero-order valence-electron chi connectivity index (χ0n) is 14.6. The highest BCUT2D eigenvalue weighted by Gasteiger charge is 2.05. The van der Waals surface area contributed by atoms with Gasteiger partial charge in [0.15, 0.2) is 0 Å². The summed E-state index contributed by atoms with van der Waals surface area (Å²) in [5, 5.41) is 0. The van der Waals surface area contributed by atoms with Crippen LogP contribution in [-0.2, 0) is 9.47 Å². The molecule has 25 heavy (non-hydrogen) atoms. The van der Waals surface area contributed by atoms with Crippen molar-refractivity contribution in [3.8, 4) is 17.6 Å². The van der Waals surface area contributed by atoms with Crippen molar-refractivity contribution in [1.29, 1.82) is 0 Å². The number of rotatable bonds is 7. The summed E-state index contributed by atoms with van der Waals surface area (Å²) in [4.78, 5) is 11.8. The number of carbonyl (C=O) groups is 1. The van der Waals surface area contributed by atoms with Gasteiger partial charge in [0.05, 0.1) is 18.8 Å². The van der Waals surface area contributed by atoms with Crippen LogP contribution in [0, 0.1) is 11.8 Å². The molecule has 0 atom stereocenters. The van der Waals surface area contributed by atoms with Gasteiger partial charge in [-0.2, -0.15) is 0 Å². The summed E-state index contributed by atoms with van der Waals surface area (Å²) >= 11 is 0. The highest BCUT2D eigenvalue weighted by Crippen LogP contribution is 2.12. The summed E-state index contributed by atoms with van der Waals surface area (Å²) in [6.07, 6.45) is 0.984. The zero-order valence-corrected chi connectivity index (χ0v) is 14.6. The maximum Gasteiger partial charge on any atom is 0.338 e. The van der Waals surface area contributed by atoms with Crippen molar-refractivity contribution < 1.29 is 19.0 Å². The summed E-state index contributed by atoms with van der Waals surface area (Å²) in [6, 6.07) is 14.7. The Hall–Kier alpha value is -2.77. The Bertz CT molecular complexity index is 721. The van der Waals surface area contributed by atoms with Gasteiger partial charge in [0.1, 0.15) is 12.4 Å². The Morgan fingerprint density at radius 3 is 2.04 bits per heavy atom. The second-order valence-electron chi connectivity index (χ2n) is 5.33. The standard InChI is InChI=1S/C21H22O4/c1-3-14-24-20-12-8-18(9-13-20)5-4-17-6-10-19(11-7-17)21(22)25-16-15-23-2/h6-13H,3,14-16H2,1-2H3. The third-order valence-corrected chi connectivity index (χ3v) is 3.32. The number of hydrogen-bond acceptors (Lipinski definition) is 4. The lowest BCUT2D eigenvalue weighted by Crippen LogP contribution is -2.09. The van der Waals surface area contributed by atoms with Crippen molar-refractivity contribution in [3.05, 3.63) is 65.2 Å². The van der Waals surface area contributed by atoms with Gasteiger partial charge in [-0.15, -0.1) is 0 Å². The van der Waals surface area contributed by atoms with Gasteiger partial charge in [0.25, 0.3) is 0 Å². The van der Waals surface area contributed by atoms with Crippen molar-refractivity contribution in [2.24, 2.45) is 0 Å². The topological polar surface area (TPSA) is 44.8 Å². The van der Waals surface area contributed by atoms with Crippen LogP contribution in [0.15, 0.2) is 48.5 Å². The molecule has 130 valence electrons. The van der Waals surface area contributed by atoms with Gasteiger partial charge < -0.3 is 14.2 Å². The van der Waals surface area contributed by atoms with Gasteiger partial charge in [-0.1, -0.05) is 18.8 Å². The molecule has 0 saturated heterocycles. The van der Waals surface area contributed by atoms with Crippen molar-refractivity contribution >= 4 is 5.97 Å². The van der Waals surface area contributed by atoms with Gasteiger partial charge in [0, 0.05) is 18.2 Å². The quantitative estimate of drug-likeness (QED) is 0.439. The number of hydrogen-bond donors (Lipinski definition) is 0. The SMILES string of the molecule is CCCOc1ccc(C#Cc2ccc(C(=O)OCCOC)cc2)cc1. The molecular weight excluding hydrogens is 316 g/mol. The van der Waals surface area contributed by atoms with E-state index >= 15 is 0 Å². The molecule has 0 aliphatic rings. The molecule has 0 aliphatic carbocycles. The largest absolute Gasteiger partial charge is 0.494 e. The van der Waals surface area contributed by atoms with Gasteiger partial charge >= 0.3 is 5.97 Å². The number of benzene rings is 2. The lowest BCUT2D eigenvalue weighted by Gasteiger charge is -2.04. The van der Waals surface area contributed by atoms with Crippen molar-refractivity contribution in [2.75, 3.05) is 26.9 Å². The minimum absolute atomic E-state index is 0.245. The van der Waals surface area contributed by atoms with Crippen LogP contribution in [0.3, 0.4) is 0 Å². The highest BCUT2D eigenvalue weighted by atomic mass is 16.6. The van der Waals surface area contributed by atoms with E-state index in [1.807, 2.05) is 24.3 Å². The maximum absolute atomic E-state index is 11.8. The van der Waals surface area contributed by atoms with Gasteiger partial charge in [0.2, 0.25) is 0 Å². The molecule has 2 aromatic carbocycles. The molecular formula is C21H22O4. The van der Waals surface area contributed by atoms with Crippen LogP contribution in [0.1, 0.15) is 34.8 Å². The number of esters is 1. The molecule has 0 aliphatic heterocycles. The van der Waals surface area contributed by atoms with Crippen LogP contribution in [-0.4, -0.2) is 32.9 Å². The maximum atomic E-state index is 11.8. The first-order chi connectivity index (χ1) is 12.2. The zero-order chi connectivity index (χ0) is 17.9. The van der Waals surface area contributed by atoms with Gasteiger partial charge in [-0.05, 0) is 55.0 Å². The van der Waals surface area contributed by atoms with E-state index in [0.29, 0.717) is 18.8 Å². The van der Waals surface area contributed by atoms with E-state index in [9.17, 15) is 4.79 Å².